The second kappa shape index (κ2) is 5.38. The van der Waals surface area contributed by atoms with E-state index in [9.17, 15) is 18.4 Å². The molecule has 92 valence electrons. The van der Waals surface area contributed by atoms with Crippen LogP contribution in [0, 0.1) is 17.6 Å². The predicted octanol–water partition coefficient (Wildman–Crippen LogP) is 2.01. The molecule has 6 heteroatoms. The molecule has 0 bridgehead atoms. The van der Waals surface area contributed by atoms with Crippen molar-refractivity contribution in [2.24, 2.45) is 5.92 Å². The number of carboxylic acids is 1. The maximum atomic E-state index is 12.8. The summed E-state index contributed by atoms with van der Waals surface area (Å²) in [6, 6.07) is 2.91. The van der Waals surface area contributed by atoms with E-state index < -0.39 is 29.4 Å². The van der Waals surface area contributed by atoms with Gasteiger partial charge in [-0.1, -0.05) is 6.92 Å². The smallest absolute Gasteiger partial charge is 0.306 e. The zero-order valence-electron chi connectivity index (χ0n) is 9.04. The van der Waals surface area contributed by atoms with Crippen molar-refractivity contribution in [3.8, 4) is 0 Å². The summed E-state index contributed by atoms with van der Waals surface area (Å²) < 4.78 is 25.4. The van der Waals surface area contributed by atoms with Gasteiger partial charge in [-0.2, -0.15) is 0 Å². The first-order chi connectivity index (χ1) is 7.90. The molecule has 1 aromatic carbocycles. The van der Waals surface area contributed by atoms with Crippen LogP contribution in [-0.2, 0) is 9.59 Å². The molecule has 1 unspecified atom stereocenters. The number of halogens is 2. The number of benzene rings is 1. The molecule has 0 saturated heterocycles. The van der Waals surface area contributed by atoms with E-state index in [-0.39, 0.29) is 12.1 Å². The monoisotopic (exact) mass is 243 g/mol. The highest BCUT2D eigenvalue weighted by Gasteiger charge is 2.16. The molecule has 4 nitrogen and oxygen atoms in total. The van der Waals surface area contributed by atoms with Gasteiger partial charge >= 0.3 is 5.97 Å². The second-order valence-corrected chi connectivity index (χ2v) is 3.62. The van der Waals surface area contributed by atoms with Crippen molar-refractivity contribution in [2.75, 3.05) is 5.32 Å². The van der Waals surface area contributed by atoms with Gasteiger partial charge in [-0.3, -0.25) is 9.59 Å². The molecule has 0 saturated carbocycles. The zero-order valence-corrected chi connectivity index (χ0v) is 9.04. The van der Waals surface area contributed by atoms with Crippen molar-refractivity contribution < 1.29 is 23.5 Å². The molecule has 0 aliphatic carbocycles. The summed E-state index contributed by atoms with van der Waals surface area (Å²) in [6.07, 6.45) is -0.228. The van der Waals surface area contributed by atoms with Crippen molar-refractivity contribution in [1.82, 2.24) is 0 Å². The highest BCUT2D eigenvalue weighted by molar-refractivity contribution is 5.92. The van der Waals surface area contributed by atoms with Gasteiger partial charge in [0, 0.05) is 18.2 Å². The number of aliphatic carboxylic acids is 1. The summed E-state index contributed by atoms with van der Waals surface area (Å²) in [5.41, 5.74) is 0.0893. The third-order valence-electron chi connectivity index (χ3n) is 2.12. The summed E-state index contributed by atoms with van der Waals surface area (Å²) in [4.78, 5) is 21.8. The van der Waals surface area contributed by atoms with E-state index in [1.165, 1.54) is 13.0 Å². The maximum Gasteiger partial charge on any atom is 0.306 e. The Balaban J connectivity index is 2.62. The summed E-state index contributed by atoms with van der Waals surface area (Å²) in [7, 11) is 0. The minimum absolute atomic E-state index is 0.0893. The number of carboxylic acid groups (broad SMARTS) is 1. The van der Waals surface area contributed by atoms with Gasteiger partial charge in [0.15, 0.2) is 11.6 Å². The quantitative estimate of drug-likeness (QED) is 0.850. The van der Waals surface area contributed by atoms with E-state index in [2.05, 4.69) is 5.32 Å². The molecule has 1 atom stereocenters. The number of anilines is 1. The molecule has 0 aliphatic heterocycles. The van der Waals surface area contributed by atoms with E-state index in [4.69, 9.17) is 5.11 Å². The van der Waals surface area contributed by atoms with Gasteiger partial charge in [0.1, 0.15) is 0 Å². The Hall–Kier alpha value is -1.98. The van der Waals surface area contributed by atoms with E-state index in [0.29, 0.717) is 0 Å². The summed E-state index contributed by atoms with van der Waals surface area (Å²) in [5.74, 6) is -4.58. The van der Waals surface area contributed by atoms with Crippen molar-refractivity contribution in [3.05, 3.63) is 29.8 Å². The van der Waals surface area contributed by atoms with E-state index in [1.54, 1.807) is 0 Å². The molecule has 0 aliphatic rings. The van der Waals surface area contributed by atoms with Crippen LogP contribution in [0.1, 0.15) is 13.3 Å². The zero-order chi connectivity index (χ0) is 13.0. The number of rotatable bonds is 4. The lowest BCUT2D eigenvalue weighted by Gasteiger charge is -2.07. The van der Waals surface area contributed by atoms with Crippen LogP contribution in [0.25, 0.3) is 0 Å². The van der Waals surface area contributed by atoms with Crippen LogP contribution in [0.2, 0.25) is 0 Å². The molecule has 0 heterocycles. The van der Waals surface area contributed by atoms with Crippen LogP contribution >= 0.6 is 0 Å². The number of nitrogens with one attached hydrogen (secondary N) is 1. The SMILES string of the molecule is CC(CC(=O)Nc1ccc(F)c(F)c1)C(=O)O. The van der Waals surface area contributed by atoms with Crippen LogP contribution in [0.5, 0.6) is 0 Å². The fourth-order valence-corrected chi connectivity index (χ4v) is 1.15. The van der Waals surface area contributed by atoms with Crippen LogP contribution in [-0.4, -0.2) is 17.0 Å². The second-order valence-electron chi connectivity index (χ2n) is 3.62. The highest BCUT2D eigenvalue weighted by atomic mass is 19.2. The first-order valence-corrected chi connectivity index (χ1v) is 4.88. The first kappa shape index (κ1) is 13.1. The molecule has 0 aromatic heterocycles. The number of carbonyl (C=O) groups excluding carboxylic acids is 1. The van der Waals surface area contributed by atoms with Gasteiger partial charge < -0.3 is 10.4 Å². The van der Waals surface area contributed by atoms with Crippen LogP contribution in [0.3, 0.4) is 0 Å². The largest absolute Gasteiger partial charge is 0.481 e. The minimum atomic E-state index is -1.09. The standard InChI is InChI=1S/C11H11F2NO3/c1-6(11(16)17)4-10(15)14-7-2-3-8(12)9(13)5-7/h2-3,5-6H,4H2,1H3,(H,14,15)(H,16,17). The predicted molar refractivity (Wildman–Crippen MR) is 56.4 cm³/mol. The van der Waals surface area contributed by atoms with Gasteiger partial charge in [0.25, 0.3) is 0 Å². The molecule has 17 heavy (non-hydrogen) atoms. The molecule has 1 aromatic rings. The van der Waals surface area contributed by atoms with Crippen molar-refractivity contribution in [3.63, 3.8) is 0 Å². The molecule has 2 N–H and O–H groups in total. The van der Waals surface area contributed by atoms with Gasteiger partial charge in [0.05, 0.1) is 5.92 Å². The number of carbonyl (C=O) groups is 2. The molecule has 0 spiro atoms. The molecule has 1 rings (SSSR count). The number of hydrogen-bond donors (Lipinski definition) is 2. The van der Waals surface area contributed by atoms with Crippen molar-refractivity contribution in [2.45, 2.75) is 13.3 Å². The summed E-state index contributed by atoms with van der Waals surface area (Å²) in [6.45, 7) is 1.38. The van der Waals surface area contributed by atoms with E-state index in [0.717, 1.165) is 12.1 Å². The molecule has 0 radical (unpaired) electrons. The number of hydrogen-bond acceptors (Lipinski definition) is 2. The average molecular weight is 243 g/mol. The van der Waals surface area contributed by atoms with Crippen molar-refractivity contribution >= 4 is 17.6 Å². The summed E-state index contributed by atoms with van der Waals surface area (Å²) in [5, 5.41) is 10.9. The number of amides is 1. The Morgan fingerprint density at radius 3 is 2.53 bits per heavy atom. The third-order valence-corrected chi connectivity index (χ3v) is 2.12. The first-order valence-electron chi connectivity index (χ1n) is 4.88. The van der Waals surface area contributed by atoms with Gasteiger partial charge in [-0.25, -0.2) is 8.78 Å². The fourth-order valence-electron chi connectivity index (χ4n) is 1.15. The average Bonchev–Trinajstić information content (AvgIpc) is 2.23. The van der Waals surface area contributed by atoms with Crippen LogP contribution in [0.15, 0.2) is 18.2 Å². The molecule has 1 amide bonds. The lowest BCUT2D eigenvalue weighted by molar-refractivity contribution is -0.142. The molecule has 0 fully saturated rings. The maximum absolute atomic E-state index is 12.8. The Morgan fingerprint density at radius 2 is 2.00 bits per heavy atom. The fraction of sp³-hybridized carbons (Fsp3) is 0.273. The van der Waals surface area contributed by atoms with Gasteiger partial charge in [-0.05, 0) is 12.1 Å². The topological polar surface area (TPSA) is 66.4 Å². The van der Waals surface area contributed by atoms with Gasteiger partial charge in [-0.15, -0.1) is 0 Å². The van der Waals surface area contributed by atoms with Crippen LogP contribution in [0.4, 0.5) is 14.5 Å². The third kappa shape index (κ3) is 3.82. The summed E-state index contributed by atoms with van der Waals surface area (Å²) >= 11 is 0. The minimum Gasteiger partial charge on any atom is -0.481 e. The van der Waals surface area contributed by atoms with Crippen molar-refractivity contribution in [1.29, 1.82) is 0 Å². The Labute approximate surface area is 96.3 Å². The van der Waals surface area contributed by atoms with E-state index in [1.807, 2.05) is 0 Å². The van der Waals surface area contributed by atoms with E-state index >= 15 is 0 Å². The normalized spacial score (nSPS) is 11.9. The molecular weight excluding hydrogens is 232 g/mol. The van der Waals surface area contributed by atoms with Crippen LogP contribution < -0.4 is 5.32 Å². The Kier molecular flexibility index (Phi) is 4.14. The lowest BCUT2D eigenvalue weighted by Crippen LogP contribution is -2.20. The Morgan fingerprint density at radius 1 is 1.35 bits per heavy atom. The van der Waals surface area contributed by atoms with Gasteiger partial charge in [0.2, 0.25) is 5.91 Å². The highest BCUT2D eigenvalue weighted by Crippen LogP contribution is 2.14. The Bertz CT molecular complexity index is 448. The molecular formula is C11H11F2NO3. The lowest BCUT2D eigenvalue weighted by atomic mass is 10.1.